The fourth-order valence-corrected chi connectivity index (χ4v) is 1.55. The normalized spacial score (nSPS) is 9.58. The molecule has 2 rings (SSSR count). The van der Waals surface area contributed by atoms with Gasteiger partial charge in [0.25, 0.3) is 5.91 Å². The van der Waals surface area contributed by atoms with E-state index in [4.69, 9.17) is 5.73 Å². The van der Waals surface area contributed by atoms with E-state index in [-0.39, 0.29) is 11.6 Å². The molecule has 1 heterocycles. The zero-order valence-electron chi connectivity index (χ0n) is 10.4. The highest BCUT2D eigenvalue weighted by atomic mass is 16.5. The number of rotatable bonds is 2. The van der Waals surface area contributed by atoms with Gasteiger partial charge in [0.1, 0.15) is 6.26 Å². The van der Waals surface area contributed by atoms with Gasteiger partial charge >= 0.3 is 0 Å². The topological polar surface area (TPSA) is 81.2 Å². The summed E-state index contributed by atoms with van der Waals surface area (Å²) in [6.45, 7) is 2.25. The summed E-state index contributed by atoms with van der Waals surface area (Å²) in [4.78, 5) is 11.8. The lowest BCUT2D eigenvalue weighted by Crippen LogP contribution is -2.12. The molecule has 5 heteroatoms. The standard InChI is InChI=1S/C14H13N3O2/c1-10-9-12(5-4-11(10)3-2-7-15)16-14(18)13-6-8-19-17-13/h4-6,8-9H,7,15H2,1H3,(H,16,18). The van der Waals surface area contributed by atoms with Crippen molar-refractivity contribution in [2.45, 2.75) is 6.92 Å². The van der Waals surface area contributed by atoms with Gasteiger partial charge < -0.3 is 15.6 Å². The Morgan fingerprint density at radius 2 is 2.32 bits per heavy atom. The zero-order chi connectivity index (χ0) is 13.7. The van der Waals surface area contributed by atoms with Crippen LogP contribution in [0.3, 0.4) is 0 Å². The van der Waals surface area contributed by atoms with Crippen LogP contribution in [0.4, 0.5) is 5.69 Å². The summed E-state index contributed by atoms with van der Waals surface area (Å²) in [5.74, 6) is 5.45. The minimum absolute atomic E-state index is 0.240. The molecular weight excluding hydrogens is 242 g/mol. The molecule has 0 radical (unpaired) electrons. The molecule has 0 saturated carbocycles. The van der Waals surface area contributed by atoms with Crippen molar-refractivity contribution in [1.29, 1.82) is 0 Å². The molecule has 3 N–H and O–H groups in total. The second-order valence-electron chi connectivity index (χ2n) is 3.87. The third-order valence-electron chi connectivity index (χ3n) is 2.48. The lowest BCUT2D eigenvalue weighted by Gasteiger charge is -2.05. The molecular formula is C14H13N3O2. The number of carbonyl (C=O) groups is 1. The van der Waals surface area contributed by atoms with Crippen LogP contribution >= 0.6 is 0 Å². The summed E-state index contributed by atoms with van der Waals surface area (Å²) in [6.07, 6.45) is 1.35. The van der Waals surface area contributed by atoms with Crippen LogP contribution in [-0.2, 0) is 0 Å². The van der Waals surface area contributed by atoms with E-state index in [0.717, 1.165) is 11.1 Å². The maximum absolute atomic E-state index is 11.8. The summed E-state index contributed by atoms with van der Waals surface area (Å²) in [6, 6.07) is 6.98. The number of amides is 1. The fourth-order valence-electron chi connectivity index (χ4n) is 1.55. The Bertz CT molecular complexity index is 636. The van der Waals surface area contributed by atoms with Crippen molar-refractivity contribution in [3.63, 3.8) is 0 Å². The van der Waals surface area contributed by atoms with E-state index in [9.17, 15) is 4.79 Å². The third-order valence-corrected chi connectivity index (χ3v) is 2.48. The number of hydrogen-bond donors (Lipinski definition) is 2. The SMILES string of the molecule is Cc1cc(NC(=O)c2ccon2)ccc1C#CCN. The van der Waals surface area contributed by atoms with Gasteiger partial charge in [-0.15, -0.1) is 0 Å². The van der Waals surface area contributed by atoms with Gasteiger partial charge in [0.15, 0.2) is 5.69 Å². The van der Waals surface area contributed by atoms with Crippen LogP contribution in [0, 0.1) is 18.8 Å². The molecule has 1 aromatic heterocycles. The molecule has 0 atom stereocenters. The first-order valence-electron chi connectivity index (χ1n) is 5.72. The highest BCUT2D eigenvalue weighted by Crippen LogP contribution is 2.15. The lowest BCUT2D eigenvalue weighted by atomic mass is 10.1. The molecule has 2 aromatic rings. The summed E-state index contributed by atoms with van der Waals surface area (Å²) in [7, 11) is 0. The molecule has 0 spiro atoms. The Kier molecular flexibility index (Phi) is 3.96. The number of nitrogens with zero attached hydrogens (tertiary/aromatic N) is 1. The Morgan fingerprint density at radius 3 is 2.95 bits per heavy atom. The van der Waals surface area contributed by atoms with E-state index in [0.29, 0.717) is 12.2 Å². The largest absolute Gasteiger partial charge is 0.364 e. The predicted octanol–water partition coefficient (Wildman–Crippen LogP) is 1.55. The zero-order valence-corrected chi connectivity index (χ0v) is 10.4. The molecule has 19 heavy (non-hydrogen) atoms. The van der Waals surface area contributed by atoms with Crippen molar-refractivity contribution in [3.05, 3.63) is 47.3 Å². The van der Waals surface area contributed by atoms with Crippen LogP contribution in [0.5, 0.6) is 0 Å². The average molecular weight is 255 g/mol. The van der Waals surface area contributed by atoms with Crippen LogP contribution in [-0.4, -0.2) is 17.6 Å². The number of aromatic nitrogens is 1. The number of nitrogens with two attached hydrogens (primary N) is 1. The monoisotopic (exact) mass is 255 g/mol. The number of anilines is 1. The molecule has 0 bridgehead atoms. The smallest absolute Gasteiger partial charge is 0.277 e. The van der Waals surface area contributed by atoms with E-state index in [1.165, 1.54) is 12.3 Å². The van der Waals surface area contributed by atoms with Gasteiger partial charge in [-0.2, -0.15) is 0 Å². The maximum Gasteiger partial charge on any atom is 0.277 e. The van der Waals surface area contributed by atoms with Crippen LogP contribution in [0.25, 0.3) is 0 Å². The first kappa shape index (κ1) is 12.9. The Morgan fingerprint density at radius 1 is 1.47 bits per heavy atom. The lowest BCUT2D eigenvalue weighted by molar-refractivity contribution is 0.101. The van der Waals surface area contributed by atoms with Crippen LogP contribution in [0.2, 0.25) is 0 Å². The molecule has 0 fully saturated rings. The van der Waals surface area contributed by atoms with Crippen molar-refractivity contribution in [2.75, 3.05) is 11.9 Å². The number of aryl methyl sites for hydroxylation is 1. The highest BCUT2D eigenvalue weighted by molar-refractivity contribution is 6.02. The number of benzene rings is 1. The van der Waals surface area contributed by atoms with Gasteiger partial charge in [-0.1, -0.05) is 17.0 Å². The van der Waals surface area contributed by atoms with Crippen molar-refractivity contribution in [3.8, 4) is 11.8 Å². The Labute approximate surface area is 110 Å². The number of hydrogen-bond acceptors (Lipinski definition) is 4. The average Bonchev–Trinajstić information content (AvgIpc) is 2.92. The summed E-state index contributed by atoms with van der Waals surface area (Å²) < 4.78 is 4.62. The summed E-state index contributed by atoms with van der Waals surface area (Å²) >= 11 is 0. The Balaban J connectivity index is 2.14. The van der Waals surface area contributed by atoms with Crippen molar-refractivity contribution in [1.82, 2.24) is 5.16 Å². The fraction of sp³-hybridized carbons (Fsp3) is 0.143. The molecule has 96 valence electrons. The molecule has 1 aromatic carbocycles. The van der Waals surface area contributed by atoms with Gasteiger partial charge in [0.2, 0.25) is 0 Å². The Hall–Kier alpha value is -2.58. The van der Waals surface area contributed by atoms with Gasteiger partial charge in [-0.05, 0) is 30.7 Å². The van der Waals surface area contributed by atoms with Gasteiger partial charge in [-0.25, -0.2) is 0 Å². The second-order valence-corrected chi connectivity index (χ2v) is 3.87. The summed E-state index contributed by atoms with van der Waals surface area (Å²) in [5.41, 5.74) is 8.12. The molecule has 5 nitrogen and oxygen atoms in total. The van der Waals surface area contributed by atoms with E-state index in [1.54, 1.807) is 6.07 Å². The minimum atomic E-state index is -0.311. The number of nitrogens with one attached hydrogen (secondary N) is 1. The van der Waals surface area contributed by atoms with Crippen LogP contribution < -0.4 is 11.1 Å². The van der Waals surface area contributed by atoms with E-state index in [2.05, 4.69) is 26.8 Å². The maximum atomic E-state index is 11.8. The van der Waals surface area contributed by atoms with Gasteiger partial charge in [-0.3, -0.25) is 4.79 Å². The molecule has 0 unspecified atom stereocenters. The van der Waals surface area contributed by atoms with Gasteiger partial charge in [0, 0.05) is 17.3 Å². The van der Waals surface area contributed by atoms with Crippen LogP contribution in [0.15, 0.2) is 35.1 Å². The van der Waals surface area contributed by atoms with Crippen LogP contribution in [0.1, 0.15) is 21.6 Å². The van der Waals surface area contributed by atoms with E-state index >= 15 is 0 Å². The molecule has 0 aliphatic heterocycles. The first-order valence-corrected chi connectivity index (χ1v) is 5.72. The summed E-state index contributed by atoms with van der Waals surface area (Å²) in [5, 5.41) is 6.30. The quantitative estimate of drug-likeness (QED) is 0.798. The second kappa shape index (κ2) is 5.85. The predicted molar refractivity (Wildman–Crippen MR) is 71.6 cm³/mol. The number of carbonyl (C=O) groups excluding carboxylic acids is 1. The van der Waals surface area contributed by atoms with E-state index < -0.39 is 0 Å². The van der Waals surface area contributed by atoms with Crippen molar-refractivity contribution < 1.29 is 9.32 Å². The molecule has 0 aliphatic carbocycles. The van der Waals surface area contributed by atoms with Crippen molar-refractivity contribution in [2.24, 2.45) is 5.73 Å². The first-order chi connectivity index (χ1) is 9.20. The highest BCUT2D eigenvalue weighted by Gasteiger charge is 2.09. The molecule has 1 amide bonds. The van der Waals surface area contributed by atoms with Crippen molar-refractivity contribution >= 4 is 11.6 Å². The molecule has 0 saturated heterocycles. The minimum Gasteiger partial charge on any atom is -0.364 e. The van der Waals surface area contributed by atoms with E-state index in [1.807, 2.05) is 19.1 Å². The van der Waals surface area contributed by atoms with Gasteiger partial charge in [0.05, 0.1) is 6.54 Å². The molecule has 0 aliphatic rings. The third kappa shape index (κ3) is 3.21.